The molecule has 0 saturated carbocycles. The molecule has 0 spiro atoms. The molecule has 128 valence electrons. The molecule has 0 radical (unpaired) electrons. The van der Waals surface area contributed by atoms with Crippen molar-refractivity contribution in [3.8, 4) is 0 Å². The molecule has 0 unspecified atom stereocenters. The smallest absolute Gasteiger partial charge is 0.242 e. The van der Waals surface area contributed by atoms with Gasteiger partial charge in [-0.05, 0) is 18.1 Å². The Morgan fingerprint density at radius 3 is 2.88 bits per heavy atom. The standard InChI is InChI=1S/C17H23N5O2/c23-17(20-5-2-7-21-8-6-19-14-21)16(15-3-1-4-18-13-15)22-9-11-24-12-10-22/h1,3-4,6,8,13-14,16H,2,5,7,9-12H2,(H,20,23)/t16-/m1/s1. The molecule has 0 aliphatic carbocycles. The average Bonchev–Trinajstić information content (AvgIpc) is 3.14. The molecule has 2 aromatic rings. The Kier molecular flexibility index (Phi) is 5.92. The van der Waals surface area contributed by atoms with Crippen molar-refractivity contribution in [1.82, 2.24) is 24.8 Å². The van der Waals surface area contributed by atoms with E-state index in [1.165, 1.54) is 0 Å². The van der Waals surface area contributed by atoms with Crippen LogP contribution in [0.4, 0.5) is 0 Å². The van der Waals surface area contributed by atoms with Crippen LogP contribution >= 0.6 is 0 Å². The predicted molar refractivity (Wildman–Crippen MR) is 89.2 cm³/mol. The fraction of sp³-hybridized carbons (Fsp3) is 0.471. The second kappa shape index (κ2) is 8.56. The summed E-state index contributed by atoms with van der Waals surface area (Å²) in [6.45, 7) is 4.30. The Hall–Kier alpha value is -2.25. The summed E-state index contributed by atoms with van der Waals surface area (Å²) < 4.78 is 7.41. The first-order valence-corrected chi connectivity index (χ1v) is 8.30. The minimum atomic E-state index is -0.309. The molecule has 1 fully saturated rings. The lowest BCUT2D eigenvalue weighted by molar-refractivity contribution is -0.128. The summed E-state index contributed by atoms with van der Waals surface area (Å²) in [7, 11) is 0. The highest BCUT2D eigenvalue weighted by Gasteiger charge is 2.28. The van der Waals surface area contributed by atoms with E-state index >= 15 is 0 Å². The second-order valence-corrected chi connectivity index (χ2v) is 5.78. The summed E-state index contributed by atoms with van der Waals surface area (Å²) in [5.41, 5.74) is 0.923. The number of carbonyl (C=O) groups excluding carboxylic acids is 1. The van der Waals surface area contributed by atoms with Gasteiger partial charge in [-0.25, -0.2) is 4.98 Å². The van der Waals surface area contributed by atoms with Gasteiger partial charge in [0.05, 0.1) is 19.5 Å². The molecule has 1 amide bonds. The van der Waals surface area contributed by atoms with Crippen molar-refractivity contribution in [3.63, 3.8) is 0 Å². The van der Waals surface area contributed by atoms with Crippen LogP contribution in [0.25, 0.3) is 0 Å². The van der Waals surface area contributed by atoms with Crippen LogP contribution in [-0.4, -0.2) is 58.2 Å². The first-order chi connectivity index (χ1) is 11.8. The van der Waals surface area contributed by atoms with E-state index < -0.39 is 0 Å². The third-order valence-electron chi connectivity index (χ3n) is 4.11. The van der Waals surface area contributed by atoms with Crippen LogP contribution in [0, 0.1) is 0 Å². The van der Waals surface area contributed by atoms with Crippen LogP contribution in [0.1, 0.15) is 18.0 Å². The SMILES string of the molecule is O=C(NCCCn1ccnc1)[C@@H](c1cccnc1)N1CCOCC1. The van der Waals surface area contributed by atoms with Gasteiger partial charge in [-0.2, -0.15) is 0 Å². The highest BCUT2D eigenvalue weighted by Crippen LogP contribution is 2.21. The molecule has 1 N–H and O–H groups in total. The van der Waals surface area contributed by atoms with Crippen LogP contribution in [-0.2, 0) is 16.1 Å². The number of carbonyl (C=O) groups is 1. The zero-order valence-corrected chi connectivity index (χ0v) is 13.7. The van der Waals surface area contributed by atoms with Crippen LogP contribution in [0.5, 0.6) is 0 Å². The Bertz CT molecular complexity index is 611. The Morgan fingerprint density at radius 2 is 2.17 bits per heavy atom. The monoisotopic (exact) mass is 329 g/mol. The highest BCUT2D eigenvalue weighted by atomic mass is 16.5. The fourth-order valence-electron chi connectivity index (χ4n) is 2.89. The molecule has 0 aromatic carbocycles. The Balaban J connectivity index is 1.58. The summed E-state index contributed by atoms with van der Waals surface area (Å²) in [6.07, 6.45) is 9.83. The molecule has 1 atom stereocenters. The van der Waals surface area contributed by atoms with Crippen molar-refractivity contribution < 1.29 is 9.53 Å². The third-order valence-corrected chi connectivity index (χ3v) is 4.11. The van der Waals surface area contributed by atoms with E-state index in [-0.39, 0.29) is 11.9 Å². The normalized spacial score (nSPS) is 16.7. The molecule has 3 rings (SSSR count). The zero-order chi connectivity index (χ0) is 16.6. The average molecular weight is 329 g/mol. The summed E-state index contributed by atoms with van der Waals surface area (Å²) >= 11 is 0. The maximum absolute atomic E-state index is 12.8. The highest BCUT2D eigenvalue weighted by molar-refractivity contribution is 5.83. The maximum Gasteiger partial charge on any atom is 0.242 e. The lowest BCUT2D eigenvalue weighted by Crippen LogP contribution is -2.46. The number of morpholine rings is 1. The quantitative estimate of drug-likeness (QED) is 0.763. The molecule has 1 aliphatic rings. The first kappa shape index (κ1) is 16.6. The van der Waals surface area contributed by atoms with E-state index in [9.17, 15) is 4.79 Å². The molecule has 7 heteroatoms. The number of nitrogens with zero attached hydrogens (tertiary/aromatic N) is 4. The number of aromatic nitrogens is 3. The van der Waals surface area contributed by atoms with Crippen LogP contribution in [0.15, 0.2) is 43.2 Å². The molecule has 24 heavy (non-hydrogen) atoms. The van der Waals surface area contributed by atoms with Gasteiger partial charge in [0.1, 0.15) is 6.04 Å². The number of imidazole rings is 1. The van der Waals surface area contributed by atoms with E-state index in [1.807, 2.05) is 22.9 Å². The van der Waals surface area contributed by atoms with Crippen molar-refractivity contribution >= 4 is 5.91 Å². The molecule has 7 nitrogen and oxygen atoms in total. The summed E-state index contributed by atoms with van der Waals surface area (Å²) in [4.78, 5) is 23.1. The van der Waals surface area contributed by atoms with Gasteiger partial charge in [0, 0.05) is 51.0 Å². The largest absolute Gasteiger partial charge is 0.379 e. The number of hydrogen-bond donors (Lipinski definition) is 1. The van der Waals surface area contributed by atoms with Gasteiger partial charge >= 0.3 is 0 Å². The summed E-state index contributed by atoms with van der Waals surface area (Å²) in [6, 6.07) is 3.52. The van der Waals surface area contributed by atoms with Crippen LogP contribution in [0.3, 0.4) is 0 Å². The number of ether oxygens (including phenoxy) is 1. The Labute approximate surface area is 141 Å². The van der Waals surface area contributed by atoms with Gasteiger partial charge in [-0.3, -0.25) is 14.7 Å². The summed E-state index contributed by atoms with van der Waals surface area (Å²) in [5.74, 6) is 0.0236. The van der Waals surface area contributed by atoms with Crippen LogP contribution in [0.2, 0.25) is 0 Å². The zero-order valence-electron chi connectivity index (χ0n) is 13.7. The minimum absolute atomic E-state index is 0.0236. The number of pyridine rings is 1. The van der Waals surface area contributed by atoms with Gasteiger partial charge in [0.2, 0.25) is 5.91 Å². The van der Waals surface area contributed by atoms with Gasteiger partial charge in [-0.15, -0.1) is 0 Å². The summed E-state index contributed by atoms with van der Waals surface area (Å²) in [5, 5.41) is 3.06. The van der Waals surface area contributed by atoms with E-state index in [1.54, 1.807) is 24.9 Å². The number of rotatable bonds is 7. The molecule has 1 aliphatic heterocycles. The van der Waals surface area contributed by atoms with Crippen molar-refractivity contribution in [2.75, 3.05) is 32.8 Å². The number of aryl methyl sites for hydroxylation is 1. The second-order valence-electron chi connectivity index (χ2n) is 5.78. The van der Waals surface area contributed by atoms with Gasteiger partial charge in [0.25, 0.3) is 0 Å². The van der Waals surface area contributed by atoms with E-state index in [0.717, 1.165) is 31.6 Å². The lowest BCUT2D eigenvalue weighted by Gasteiger charge is -2.33. The number of hydrogen-bond acceptors (Lipinski definition) is 5. The van der Waals surface area contributed by atoms with Crippen molar-refractivity contribution in [1.29, 1.82) is 0 Å². The van der Waals surface area contributed by atoms with E-state index in [4.69, 9.17) is 4.74 Å². The first-order valence-electron chi connectivity index (χ1n) is 8.30. The minimum Gasteiger partial charge on any atom is -0.379 e. The maximum atomic E-state index is 12.8. The number of nitrogens with one attached hydrogen (secondary N) is 1. The molecular weight excluding hydrogens is 306 g/mol. The molecule has 3 heterocycles. The molecule has 0 bridgehead atoms. The molecular formula is C17H23N5O2. The van der Waals surface area contributed by atoms with Gasteiger partial charge in [0.15, 0.2) is 0 Å². The van der Waals surface area contributed by atoms with E-state index in [2.05, 4.69) is 20.2 Å². The lowest BCUT2D eigenvalue weighted by atomic mass is 10.1. The van der Waals surface area contributed by atoms with Crippen molar-refractivity contribution in [3.05, 3.63) is 48.8 Å². The topological polar surface area (TPSA) is 72.3 Å². The number of amides is 1. The van der Waals surface area contributed by atoms with Crippen molar-refractivity contribution in [2.45, 2.75) is 19.0 Å². The molecule has 1 saturated heterocycles. The fourth-order valence-corrected chi connectivity index (χ4v) is 2.89. The molecule has 2 aromatic heterocycles. The van der Waals surface area contributed by atoms with Gasteiger partial charge < -0.3 is 14.6 Å². The van der Waals surface area contributed by atoms with Gasteiger partial charge in [-0.1, -0.05) is 6.07 Å². The van der Waals surface area contributed by atoms with Crippen LogP contribution < -0.4 is 5.32 Å². The Morgan fingerprint density at radius 1 is 1.29 bits per heavy atom. The van der Waals surface area contributed by atoms with E-state index in [0.29, 0.717) is 19.8 Å². The van der Waals surface area contributed by atoms with Crippen molar-refractivity contribution in [2.24, 2.45) is 0 Å². The predicted octanol–water partition coefficient (Wildman–Crippen LogP) is 0.858. The third kappa shape index (κ3) is 4.39.